The van der Waals surface area contributed by atoms with Crippen molar-refractivity contribution in [2.45, 2.75) is 6.04 Å². The van der Waals surface area contributed by atoms with E-state index in [1.807, 2.05) is 0 Å². The minimum atomic E-state index is -3.29. The van der Waals surface area contributed by atoms with Gasteiger partial charge in [-0.25, -0.2) is 17.8 Å². The molecule has 0 fully saturated rings. The molecule has 10 heteroatoms. The molecule has 3 rings (SSSR count). The molecule has 0 saturated carbocycles. The molecule has 1 aromatic heterocycles. The molecule has 2 heterocycles. The molecule has 0 aliphatic carbocycles. The van der Waals surface area contributed by atoms with Crippen LogP contribution in [0.2, 0.25) is 0 Å². The Balaban J connectivity index is 2.03. The van der Waals surface area contributed by atoms with Gasteiger partial charge in [0, 0.05) is 11.6 Å². The molecule has 136 valence electrons. The van der Waals surface area contributed by atoms with Gasteiger partial charge < -0.3 is 9.84 Å². The molecule has 0 saturated heterocycles. The smallest absolute Gasteiger partial charge is 0.335 e. The highest BCUT2D eigenvalue weighted by Gasteiger charge is 2.21. The number of aromatic hydroxyl groups is 1. The quantitative estimate of drug-likeness (QED) is 0.720. The number of hydrogen-bond donors (Lipinski definition) is 2. The Bertz CT molecular complexity index is 1110. The highest BCUT2D eigenvalue weighted by Crippen LogP contribution is 2.19. The van der Waals surface area contributed by atoms with Gasteiger partial charge in [0.15, 0.2) is 9.84 Å². The van der Waals surface area contributed by atoms with Crippen molar-refractivity contribution in [1.82, 2.24) is 9.55 Å². The van der Waals surface area contributed by atoms with Crippen LogP contribution in [0.3, 0.4) is 0 Å². The number of nitrogens with zero attached hydrogens (tertiary/aromatic N) is 2. The summed E-state index contributed by atoms with van der Waals surface area (Å²) in [5.74, 6) is -0.250. The number of aliphatic imine (C=N–C) groups is 1. The Labute approximate surface area is 147 Å². The first-order valence-corrected chi connectivity index (χ1v) is 9.19. The van der Waals surface area contributed by atoms with Crippen LogP contribution in [-0.2, 0) is 9.84 Å². The molecule has 1 aliphatic rings. The fourth-order valence-corrected chi connectivity index (χ4v) is 3.65. The van der Waals surface area contributed by atoms with E-state index in [0.717, 1.165) is 16.2 Å². The normalized spacial score (nSPS) is 18.4. The third-order valence-corrected chi connectivity index (χ3v) is 5.14. The van der Waals surface area contributed by atoms with E-state index in [0.29, 0.717) is 11.4 Å². The molecule has 9 nitrogen and oxygen atoms in total. The molecule has 26 heavy (non-hydrogen) atoms. The van der Waals surface area contributed by atoms with Gasteiger partial charge in [0.2, 0.25) is 5.88 Å². The lowest BCUT2D eigenvalue weighted by atomic mass is 10.2. The Morgan fingerprint density at radius 2 is 2.00 bits per heavy atom. The molecule has 1 unspecified atom stereocenters. The topological polar surface area (TPSA) is 131 Å². The molecule has 1 aliphatic heterocycles. The lowest BCUT2D eigenvalue weighted by Crippen LogP contribution is -2.31. The van der Waals surface area contributed by atoms with Crippen LogP contribution in [0.25, 0.3) is 5.69 Å². The summed E-state index contributed by atoms with van der Waals surface area (Å²) in [6.07, 6.45) is 2.44. The van der Waals surface area contributed by atoms with Crippen molar-refractivity contribution in [2.75, 3.05) is 12.9 Å². The molecule has 2 N–H and O–H groups in total. The summed E-state index contributed by atoms with van der Waals surface area (Å²) < 4.78 is 28.7. The number of sulfone groups is 1. The van der Waals surface area contributed by atoms with Crippen LogP contribution in [0.4, 0.5) is 0 Å². The summed E-state index contributed by atoms with van der Waals surface area (Å²) >= 11 is 0. The average molecular weight is 377 g/mol. The zero-order chi connectivity index (χ0) is 18.9. The molecule has 0 bridgehead atoms. The number of aromatic nitrogens is 2. The number of methoxy groups -OCH3 is 1. The summed E-state index contributed by atoms with van der Waals surface area (Å²) in [4.78, 5) is 30.2. The minimum absolute atomic E-state index is 0.208. The number of hydrogen-bond acceptors (Lipinski definition) is 7. The number of benzene rings is 1. The maximum atomic E-state index is 12.1. The number of H-pyrrole nitrogens is 1. The molecule has 2 aromatic rings. The van der Waals surface area contributed by atoms with Gasteiger partial charge in [0.1, 0.15) is 11.3 Å². The second kappa shape index (κ2) is 6.64. The van der Waals surface area contributed by atoms with Crippen LogP contribution in [0.1, 0.15) is 5.56 Å². The van der Waals surface area contributed by atoms with Crippen molar-refractivity contribution >= 4 is 16.1 Å². The molecule has 1 atom stereocenters. The van der Waals surface area contributed by atoms with Crippen LogP contribution in [0.15, 0.2) is 50.3 Å². The highest BCUT2D eigenvalue weighted by atomic mass is 32.2. The van der Waals surface area contributed by atoms with E-state index < -0.39 is 33.0 Å². The predicted octanol–water partition coefficient (Wildman–Crippen LogP) is -0.0304. The standard InChI is InChI=1S/C16H15N3O6S/c1-25-12-4-2-11(3-5-12)19-15(21)13(14(20)18-16(19)22)8-17-10-6-7-26(23,24)9-10/h2-8,10,21H,9H2,1H3,(H,18,20,22). The summed E-state index contributed by atoms with van der Waals surface area (Å²) in [5, 5.41) is 11.4. The molecule has 0 spiro atoms. The van der Waals surface area contributed by atoms with E-state index in [2.05, 4.69) is 9.98 Å². The predicted molar refractivity (Wildman–Crippen MR) is 95.2 cm³/mol. The molecule has 0 amide bonds. The van der Waals surface area contributed by atoms with E-state index in [4.69, 9.17) is 4.74 Å². The van der Waals surface area contributed by atoms with Gasteiger partial charge in [-0.1, -0.05) is 0 Å². The number of nitrogens with one attached hydrogen (secondary N) is 1. The monoisotopic (exact) mass is 377 g/mol. The number of aromatic amines is 1. The van der Waals surface area contributed by atoms with E-state index in [1.54, 1.807) is 12.1 Å². The van der Waals surface area contributed by atoms with Crippen LogP contribution in [-0.4, -0.2) is 48.2 Å². The van der Waals surface area contributed by atoms with Gasteiger partial charge in [0.25, 0.3) is 5.56 Å². The van der Waals surface area contributed by atoms with Crippen LogP contribution in [0, 0.1) is 0 Å². The average Bonchev–Trinajstić information content (AvgIpc) is 2.94. The Morgan fingerprint density at radius 3 is 2.58 bits per heavy atom. The van der Waals surface area contributed by atoms with E-state index in [1.165, 1.54) is 25.3 Å². The molecule has 1 aromatic carbocycles. The van der Waals surface area contributed by atoms with Crippen molar-refractivity contribution in [3.05, 3.63) is 62.2 Å². The first-order chi connectivity index (χ1) is 12.3. The van der Waals surface area contributed by atoms with Crippen LogP contribution < -0.4 is 16.0 Å². The number of rotatable bonds is 4. The Morgan fingerprint density at radius 1 is 1.31 bits per heavy atom. The summed E-state index contributed by atoms with van der Waals surface area (Å²) in [7, 11) is -1.80. The first kappa shape index (κ1) is 17.7. The molecular formula is C16H15N3O6S. The minimum Gasteiger partial charge on any atom is -0.497 e. The fraction of sp³-hybridized carbons (Fsp3) is 0.188. The maximum absolute atomic E-state index is 12.1. The fourth-order valence-electron chi connectivity index (χ4n) is 2.45. The molecular weight excluding hydrogens is 362 g/mol. The summed E-state index contributed by atoms with van der Waals surface area (Å²) in [6.45, 7) is 0. The van der Waals surface area contributed by atoms with Gasteiger partial charge in [-0.05, 0) is 30.3 Å². The highest BCUT2D eigenvalue weighted by molar-refractivity contribution is 7.94. The van der Waals surface area contributed by atoms with E-state index in [9.17, 15) is 23.1 Å². The Kier molecular flexibility index (Phi) is 4.51. The van der Waals surface area contributed by atoms with Gasteiger partial charge in [-0.2, -0.15) is 0 Å². The summed E-state index contributed by atoms with van der Waals surface area (Å²) in [6, 6.07) is 5.60. The van der Waals surface area contributed by atoms with Crippen molar-refractivity contribution in [3.63, 3.8) is 0 Å². The van der Waals surface area contributed by atoms with Crippen molar-refractivity contribution in [2.24, 2.45) is 4.99 Å². The SMILES string of the molecule is COc1ccc(-n2c(O)c(C=NC3C=CS(=O)(=O)C3)c(=O)[nH]c2=O)cc1. The van der Waals surface area contributed by atoms with Crippen molar-refractivity contribution in [3.8, 4) is 17.3 Å². The second-order valence-corrected chi connectivity index (χ2v) is 7.46. The zero-order valence-electron chi connectivity index (χ0n) is 13.6. The summed E-state index contributed by atoms with van der Waals surface area (Å²) in [5.41, 5.74) is -1.59. The largest absolute Gasteiger partial charge is 0.497 e. The first-order valence-electron chi connectivity index (χ1n) is 7.47. The zero-order valence-corrected chi connectivity index (χ0v) is 14.4. The van der Waals surface area contributed by atoms with Gasteiger partial charge in [-0.3, -0.25) is 14.8 Å². The second-order valence-electron chi connectivity index (χ2n) is 5.53. The third kappa shape index (κ3) is 3.45. The van der Waals surface area contributed by atoms with E-state index in [-0.39, 0.29) is 11.3 Å². The third-order valence-electron chi connectivity index (χ3n) is 3.76. The van der Waals surface area contributed by atoms with Crippen LogP contribution >= 0.6 is 0 Å². The van der Waals surface area contributed by atoms with Crippen molar-refractivity contribution in [1.29, 1.82) is 0 Å². The van der Waals surface area contributed by atoms with Gasteiger partial charge in [-0.15, -0.1) is 0 Å². The van der Waals surface area contributed by atoms with Gasteiger partial charge >= 0.3 is 5.69 Å². The number of ether oxygens (including phenoxy) is 1. The van der Waals surface area contributed by atoms with E-state index >= 15 is 0 Å². The lowest BCUT2D eigenvalue weighted by Gasteiger charge is -2.10. The Hall–Kier alpha value is -3.14. The van der Waals surface area contributed by atoms with Gasteiger partial charge in [0.05, 0.1) is 24.6 Å². The van der Waals surface area contributed by atoms with Crippen molar-refractivity contribution < 1.29 is 18.3 Å². The molecule has 0 radical (unpaired) electrons. The maximum Gasteiger partial charge on any atom is 0.335 e. The van der Waals surface area contributed by atoms with Crippen LogP contribution in [0.5, 0.6) is 11.6 Å². The lowest BCUT2D eigenvalue weighted by molar-refractivity contribution is 0.414.